The topological polar surface area (TPSA) is 95.6 Å². The molecule has 0 bridgehead atoms. The van der Waals surface area contributed by atoms with Crippen molar-refractivity contribution in [2.24, 2.45) is 0 Å². The maximum absolute atomic E-state index is 12.7. The van der Waals surface area contributed by atoms with Gasteiger partial charge in [-0.1, -0.05) is 29.8 Å². The minimum Gasteiger partial charge on any atom is -0.301 e. The van der Waals surface area contributed by atoms with E-state index in [0.717, 1.165) is 5.56 Å². The fourth-order valence-corrected chi connectivity index (χ4v) is 4.23. The highest BCUT2D eigenvalue weighted by atomic mass is 35.5. The quantitative estimate of drug-likeness (QED) is 0.712. The Hall–Kier alpha value is -2.26. The molecule has 0 saturated heterocycles. The third kappa shape index (κ3) is 3.89. The molecule has 1 aliphatic rings. The zero-order valence-corrected chi connectivity index (χ0v) is 16.3. The van der Waals surface area contributed by atoms with Crippen LogP contribution in [0.25, 0.3) is 0 Å². The van der Waals surface area contributed by atoms with Crippen LogP contribution in [-0.4, -0.2) is 45.8 Å². The summed E-state index contributed by atoms with van der Waals surface area (Å²) < 4.78 is 27.9. The Morgan fingerprint density at radius 2 is 1.74 bits per heavy atom. The number of nitrogens with one attached hydrogen (secondary N) is 2. The molecule has 2 N–H and O–H groups in total. The van der Waals surface area contributed by atoms with E-state index in [9.17, 15) is 18.0 Å². The molecule has 2 aromatic rings. The molecular weight excluding hydrogens is 390 g/mol. The third-order valence-corrected chi connectivity index (χ3v) is 6.14. The van der Waals surface area contributed by atoms with Crippen molar-refractivity contribution in [1.29, 1.82) is 0 Å². The van der Waals surface area contributed by atoms with E-state index in [1.54, 1.807) is 12.1 Å². The summed E-state index contributed by atoms with van der Waals surface area (Å²) in [5.74, 6) is -1.13. The Bertz CT molecular complexity index is 1020. The van der Waals surface area contributed by atoms with Gasteiger partial charge >= 0.3 is 0 Å². The highest BCUT2D eigenvalue weighted by Gasteiger charge is 2.29. The first kappa shape index (κ1) is 19.5. The summed E-state index contributed by atoms with van der Waals surface area (Å²) >= 11 is 6.24. The normalized spacial score (nSPS) is 15.0. The molecule has 0 aliphatic carbocycles. The van der Waals surface area contributed by atoms with Gasteiger partial charge in [-0.25, -0.2) is 13.1 Å². The monoisotopic (exact) mass is 407 g/mol. The van der Waals surface area contributed by atoms with Gasteiger partial charge in [0.15, 0.2) is 0 Å². The smallest absolute Gasteiger partial charge is 0.258 e. The lowest BCUT2D eigenvalue weighted by atomic mass is 10.1. The van der Waals surface area contributed by atoms with E-state index >= 15 is 0 Å². The second kappa shape index (κ2) is 7.40. The summed E-state index contributed by atoms with van der Waals surface area (Å²) in [6.45, 7) is 0.0846. The number of hydrogen-bond acceptors (Lipinski definition) is 5. The number of nitrogens with zero attached hydrogens (tertiary/aromatic N) is 1. The number of rotatable bonds is 6. The van der Waals surface area contributed by atoms with Crippen molar-refractivity contribution < 1.29 is 18.0 Å². The molecule has 27 heavy (non-hydrogen) atoms. The van der Waals surface area contributed by atoms with Crippen LogP contribution in [0.5, 0.6) is 0 Å². The van der Waals surface area contributed by atoms with Crippen molar-refractivity contribution >= 4 is 33.4 Å². The Morgan fingerprint density at radius 1 is 1.07 bits per heavy atom. The van der Waals surface area contributed by atoms with Gasteiger partial charge in [0.05, 0.1) is 16.0 Å². The number of carbonyl (C=O) groups excluding carboxylic acids is 2. The molecule has 0 saturated carbocycles. The van der Waals surface area contributed by atoms with Crippen LogP contribution in [0.4, 0.5) is 0 Å². The van der Waals surface area contributed by atoms with Gasteiger partial charge < -0.3 is 4.90 Å². The van der Waals surface area contributed by atoms with E-state index in [-0.39, 0.29) is 28.6 Å². The summed E-state index contributed by atoms with van der Waals surface area (Å²) in [5, 5.41) is 2.68. The molecule has 0 fully saturated rings. The maximum Gasteiger partial charge on any atom is 0.258 e. The number of sulfonamides is 1. The first-order valence-electron chi connectivity index (χ1n) is 8.11. The summed E-state index contributed by atoms with van der Waals surface area (Å²) in [5.41, 5.74) is 1.02. The van der Waals surface area contributed by atoms with E-state index in [4.69, 9.17) is 11.6 Å². The number of imide groups is 1. The first-order chi connectivity index (χ1) is 12.7. The molecule has 9 heteroatoms. The Labute approximate surface area is 162 Å². The average Bonchev–Trinajstić information content (AvgIpc) is 2.90. The minimum absolute atomic E-state index is 0.0538. The predicted molar refractivity (Wildman–Crippen MR) is 101 cm³/mol. The molecule has 1 unspecified atom stereocenters. The van der Waals surface area contributed by atoms with Crippen molar-refractivity contribution in [1.82, 2.24) is 14.9 Å². The van der Waals surface area contributed by atoms with Crippen molar-refractivity contribution in [3.8, 4) is 0 Å². The van der Waals surface area contributed by atoms with E-state index in [1.165, 1.54) is 18.2 Å². The standard InChI is InChI=1S/C18H18ClN3O4S/c1-22(2)16(13-5-3-4-6-15(13)19)10-20-27(25,26)11-7-8-12-14(9-11)18(24)21-17(12)23/h3-9,16,20H,10H2,1-2H3,(H,21,23,24). The van der Waals surface area contributed by atoms with Crippen LogP contribution >= 0.6 is 11.6 Å². The Kier molecular flexibility index (Phi) is 5.34. The first-order valence-corrected chi connectivity index (χ1v) is 9.97. The van der Waals surface area contributed by atoms with Gasteiger partial charge in [0.2, 0.25) is 10.0 Å². The number of fused-ring (bicyclic) bond motifs is 1. The van der Waals surface area contributed by atoms with E-state index in [2.05, 4.69) is 10.0 Å². The lowest BCUT2D eigenvalue weighted by Gasteiger charge is -2.26. The van der Waals surface area contributed by atoms with Gasteiger partial charge in [0.1, 0.15) is 0 Å². The molecule has 2 amide bonds. The van der Waals surface area contributed by atoms with Crippen molar-refractivity contribution in [3.63, 3.8) is 0 Å². The van der Waals surface area contributed by atoms with Gasteiger partial charge in [-0.05, 0) is 43.9 Å². The van der Waals surface area contributed by atoms with Crippen molar-refractivity contribution in [2.75, 3.05) is 20.6 Å². The lowest BCUT2D eigenvalue weighted by molar-refractivity contribution is 0.0879. The Balaban J connectivity index is 1.84. The summed E-state index contributed by atoms with van der Waals surface area (Å²) in [4.78, 5) is 25.1. The molecule has 0 radical (unpaired) electrons. The number of amides is 2. The molecule has 1 aliphatic heterocycles. The molecular formula is C18H18ClN3O4S. The molecule has 1 atom stereocenters. The molecule has 3 rings (SSSR count). The molecule has 0 spiro atoms. The lowest BCUT2D eigenvalue weighted by Crippen LogP contribution is -2.34. The highest BCUT2D eigenvalue weighted by molar-refractivity contribution is 7.89. The highest BCUT2D eigenvalue weighted by Crippen LogP contribution is 2.26. The predicted octanol–water partition coefficient (Wildman–Crippen LogP) is 1.80. The zero-order chi connectivity index (χ0) is 19.8. The van der Waals surface area contributed by atoms with Crippen LogP contribution in [-0.2, 0) is 10.0 Å². The van der Waals surface area contributed by atoms with Crippen LogP contribution in [0.1, 0.15) is 32.3 Å². The number of halogens is 1. The fraction of sp³-hybridized carbons (Fsp3) is 0.222. The van der Waals surface area contributed by atoms with Gasteiger partial charge in [0, 0.05) is 17.6 Å². The van der Waals surface area contributed by atoms with Crippen LogP contribution in [0.3, 0.4) is 0 Å². The summed E-state index contributed by atoms with van der Waals surface area (Å²) in [7, 11) is -0.229. The maximum atomic E-state index is 12.7. The van der Waals surface area contributed by atoms with E-state index < -0.39 is 21.8 Å². The molecule has 1 heterocycles. The zero-order valence-electron chi connectivity index (χ0n) is 14.7. The number of likely N-dealkylation sites (N-methyl/N-ethyl adjacent to an activating group) is 1. The molecule has 7 nitrogen and oxygen atoms in total. The minimum atomic E-state index is -3.88. The van der Waals surface area contributed by atoms with Crippen LogP contribution < -0.4 is 10.0 Å². The van der Waals surface area contributed by atoms with Crippen LogP contribution in [0.15, 0.2) is 47.4 Å². The molecule has 2 aromatic carbocycles. The molecule has 142 valence electrons. The van der Waals surface area contributed by atoms with Crippen LogP contribution in [0.2, 0.25) is 5.02 Å². The van der Waals surface area contributed by atoms with Gasteiger partial charge in [-0.3, -0.25) is 14.9 Å². The van der Waals surface area contributed by atoms with E-state index in [1.807, 2.05) is 31.1 Å². The van der Waals surface area contributed by atoms with Gasteiger partial charge in [-0.15, -0.1) is 0 Å². The van der Waals surface area contributed by atoms with Gasteiger partial charge in [-0.2, -0.15) is 0 Å². The van der Waals surface area contributed by atoms with Crippen LogP contribution in [0, 0.1) is 0 Å². The summed E-state index contributed by atoms with van der Waals surface area (Å²) in [6, 6.07) is 10.8. The average molecular weight is 408 g/mol. The Morgan fingerprint density at radius 3 is 2.41 bits per heavy atom. The van der Waals surface area contributed by atoms with Gasteiger partial charge in [0.25, 0.3) is 11.8 Å². The van der Waals surface area contributed by atoms with Crippen molar-refractivity contribution in [3.05, 3.63) is 64.2 Å². The largest absolute Gasteiger partial charge is 0.301 e. The second-order valence-electron chi connectivity index (χ2n) is 6.34. The SMILES string of the molecule is CN(C)C(CNS(=O)(=O)c1ccc2c(c1)C(=O)NC2=O)c1ccccc1Cl. The summed E-state index contributed by atoms with van der Waals surface area (Å²) in [6.07, 6.45) is 0. The molecule has 0 aromatic heterocycles. The number of carbonyl (C=O) groups is 2. The third-order valence-electron chi connectivity index (χ3n) is 4.37. The number of hydrogen-bond donors (Lipinski definition) is 2. The fourth-order valence-electron chi connectivity index (χ4n) is 2.90. The number of benzene rings is 2. The second-order valence-corrected chi connectivity index (χ2v) is 8.52. The van der Waals surface area contributed by atoms with Crippen molar-refractivity contribution in [2.45, 2.75) is 10.9 Å². The van der Waals surface area contributed by atoms with E-state index in [0.29, 0.717) is 5.02 Å².